The highest BCUT2D eigenvalue weighted by Gasteiger charge is 2.12. The van der Waals surface area contributed by atoms with Crippen LogP contribution in [0.15, 0.2) is 24.3 Å². The average Bonchev–Trinajstić information content (AvgIpc) is 2.30. The minimum atomic E-state index is -0.574. The van der Waals surface area contributed by atoms with E-state index in [0.29, 0.717) is 11.4 Å². The molecule has 1 N–H and O–H groups in total. The highest BCUT2D eigenvalue weighted by atomic mass is 16.5. The minimum Gasteiger partial charge on any atom is -0.489 e. The number of nitrogens with one attached hydrogen (secondary N) is 1. The van der Waals surface area contributed by atoms with Crippen LogP contribution in [0.2, 0.25) is 0 Å². The molecule has 0 heterocycles. The Labute approximate surface area is 106 Å². The maximum absolute atomic E-state index is 11.6. The van der Waals surface area contributed by atoms with Crippen LogP contribution in [0.3, 0.4) is 0 Å². The van der Waals surface area contributed by atoms with Gasteiger partial charge in [-0.2, -0.15) is 0 Å². The van der Waals surface area contributed by atoms with Gasteiger partial charge in [0.25, 0.3) is 0 Å². The van der Waals surface area contributed by atoms with Gasteiger partial charge in [-0.25, -0.2) is 0 Å². The van der Waals surface area contributed by atoms with E-state index in [9.17, 15) is 9.59 Å². The lowest BCUT2D eigenvalue weighted by Gasteiger charge is -2.14. The van der Waals surface area contributed by atoms with Gasteiger partial charge in [0.15, 0.2) is 0 Å². The fraction of sp³-hybridized carbons (Fsp3) is 0.385. The van der Waals surface area contributed by atoms with Crippen LogP contribution < -0.4 is 10.1 Å². The van der Waals surface area contributed by atoms with E-state index >= 15 is 0 Å². The molecule has 0 aliphatic rings. The molecular formula is C13H17NO4. The SMILES string of the molecule is COC(=O)CC(=O)Nc1ccccc1OC(C)C. The summed E-state index contributed by atoms with van der Waals surface area (Å²) in [6.45, 7) is 3.79. The first kappa shape index (κ1) is 14.0. The minimum absolute atomic E-state index is 0.00339. The van der Waals surface area contributed by atoms with Crippen LogP contribution in [0, 0.1) is 0 Å². The van der Waals surface area contributed by atoms with Crippen molar-refractivity contribution in [2.24, 2.45) is 0 Å². The lowest BCUT2D eigenvalue weighted by Crippen LogP contribution is -2.18. The number of carbonyl (C=O) groups is 2. The highest BCUT2D eigenvalue weighted by Crippen LogP contribution is 2.24. The van der Waals surface area contributed by atoms with Crippen molar-refractivity contribution in [3.63, 3.8) is 0 Å². The molecule has 0 unspecified atom stereocenters. The molecule has 1 aromatic carbocycles. The van der Waals surface area contributed by atoms with E-state index in [1.165, 1.54) is 7.11 Å². The molecule has 5 heteroatoms. The van der Waals surface area contributed by atoms with E-state index in [4.69, 9.17) is 4.74 Å². The smallest absolute Gasteiger partial charge is 0.315 e. The lowest BCUT2D eigenvalue weighted by atomic mass is 10.2. The van der Waals surface area contributed by atoms with Crippen molar-refractivity contribution in [3.05, 3.63) is 24.3 Å². The molecule has 0 radical (unpaired) electrons. The van der Waals surface area contributed by atoms with Gasteiger partial charge >= 0.3 is 5.97 Å². The third-order valence-electron chi connectivity index (χ3n) is 2.06. The van der Waals surface area contributed by atoms with Gasteiger partial charge in [0.05, 0.1) is 18.9 Å². The Kier molecular flexibility index (Phi) is 5.17. The molecule has 18 heavy (non-hydrogen) atoms. The number of hydrogen-bond acceptors (Lipinski definition) is 4. The van der Waals surface area contributed by atoms with E-state index in [1.54, 1.807) is 18.2 Å². The molecule has 0 aromatic heterocycles. The number of esters is 1. The first-order chi connectivity index (χ1) is 8.52. The van der Waals surface area contributed by atoms with Gasteiger partial charge in [0, 0.05) is 0 Å². The molecule has 0 fully saturated rings. The second kappa shape index (κ2) is 6.64. The van der Waals surface area contributed by atoms with Crippen LogP contribution in [-0.4, -0.2) is 25.1 Å². The Hall–Kier alpha value is -2.04. The summed E-state index contributed by atoms with van der Waals surface area (Å²) >= 11 is 0. The summed E-state index contributed by atoms with van der Waals surface area (Å²) in [4.78, 5) is 22.5. The van der Waals surface area contributed by atoms with Crippen molar-refractivity contribution in [1.82, 2.24) is 0 Å². The zero-order chi connectivity index (χ0) is 13.5. The van der Waals surface area contributed by atoms with Crippen molar-refractivity contribution in [3.8, 4) is 5.75 Å². The van der Waals surface area contributed by atoms with Crippen LogP contribution in [0.25, 0.3) is 0 Å². The highest BCUT2D eigenvalue weighted by molar-refractivity contribution is 6.02. The van der Waals surface area contributed by atoms with Gasteiger partial charge in [0.2, 0.25) is 5.91 Å². The van der Waals surface area contributed by atoms with Gasteiger partial charge < -0.3 is 14.8 Å². The molecule has 0 spiro atoms. The van der Waals surface area contributed by atoms with Crippen LogP contribution in [0.5, 0.6) is 5.75 Å². The maximum atomic E-state index is 11.6. The van der Waals surface area contributed by atoms with Crippen LogP contribution in [0.4, 0.5) is 5.69 Å². The normalized spacial score (nSPS) is 10.0. The van der Waals surface area contributed by atoms with Crippen molar-refractivity contribution in [2.75, 3.05) is 12.4 Å². The molecule has 5 nitrogen and oxygen atoms in total. The number of methoxy groups -OCH3 is 1. The Balaban J connectivity index is 2.71. The molecule has 0 atom stereocenters. The quantitative estimate of drug-likeness (QED) is 0.642. The van der Waals surface area contributed by atoms with Gasteiger partial charge in [0.1, 0.15) is 12.2 Å². The fourth-order valence-corrected chi connectivity index (χ4v) is 1.32. The number of carbonyl (C=O) groups excluding carboxylic acids is 2. The molecule has 98 valence electrons. The number of hydrogen-bond donors (Lipinski definition) is 1. The zero-order valence-electron chi connectivity index (χ0n) is 10.7. The molecule has 1 amide bonds. The predicted octanol–water partition coefficient (Wildman–Crippen LogP) is 1.98. The van der Waals surface area contributed by atoms with E-state index in [-0.39, 0.29) is 12.5 Å². The maximum Gasteiger partial charge on any atom is 0.315 e. The first-order valence-electron chi connectivity index (χ1n) is 5.65. The van der Waals surface area contributed by atoms with Gasteiger partial charge in [-0.15, -0.1) is 0 Å². The average molecular weight is 251 g/mol. The molecule has 1 rings (SSSR count). The number of para-hydroxylation sites is 2. The second-order valence-electron chi connectivity index (χ2n) is 3.96. The summed E-state index contributed by atoms with van der Waals surface area (Å²) in [7, 11) is 1.24. The second-order valence-corrected chi connectivity index (χ2v) is 3.96. The number of rotatable bonds is 5. The van der Waals surface area contributed by atoms with Crippen LogP contribution >= 0.6 is 0 Å². The number of ether oxygens (including phenoxy) is 2. The number of benzene rings is 1. The Bertz CT molecular complexity index is 429. The molecule has 0 aliphatic carbocycles. The lowest BCUT2D eigenvalue weighted by molar-refractivity contribution is -0.142. The zero-order valence-corrected chi connectivity index (χ0v) is 10.7. The Morgan fingerprint density at radius 2 is 1.94 bits per heavy atom. The summed E-state index contributed by atoms with van der Waals surface area (Å²) < 4.78 is 9.97. The number of anilines is 1. The molecule has 0 bridgehead atoms. The van der Waals surface area contributed by atoms with Gasteiger partial charge in [-0.1, -0.05) is 12.1 Å². The van der Waals surface area contributed by atoms with Crippen molar-refractivity contribution >= 4 is 17.6 Å². The molecule has 0 aliphatic heterocycles. The van der Waals surface area contributed by atoms with Crippen LogP contribution in [-0.2, 0) is 14.3 Å². The molecule has 0 saturated heterocycles. The van der Waals surface area contributed by atoms with Crippen molar-refractivity contribution < 1.29 is 19.1 Å². The number of amides is 1. The summed E-state index contributed by atoms with van der Waals surface area (Å²) in [5.74, 6) is -0.429. The van der Waals surface area contributed by atoms with Crippen LogP contribution in [0.1, 0.15) is 20.3 Å². The predicted molar refractivity (Wildman–Crippen MR) is 67.5 cm³/mol. The van der Waals surface area contributed by atoms with E-state index in [2.05, 4.69) is 10.1 Å². The Morgan fingerprint density at radius 1 is 1.28 bits per heavy atom. The summed E-state index contributed by atoms with van der Waals surface area (Å²) in [6.07, 6.45) is -0.310. The van der Waals surface area contributed by atoms with Gasteiger partial charge in [-0.3, -0.25) is 9.59 Å². The van der Waals surface area contributed by atoms with E-state index < -0.39 is 11.9 Å². The summed E-state index contributed by atoms with van der Waals surface area (Å²) in [5.41, 5.74) is 0.542. The summed E-state index contributed by atoms with van der Waals surface area (Å²) in [5, 5.41) is 2.62. The van der Waals surface area contributed by atoms with E-state index in [1.807, 2.05) is 19.9 Å². The topological polar surface area (TPSA) is 64.6 Å². The molecular weight excluding hydrogens is 234 g/mol. The summed E-state index contributed by atoms with van der Waals surface area (Å²) in [6, 6.07) is 7.06. The first-order valence-corrected chi connectivity index (χ1v) is 5.65. The monoisotopic (exact) mass is 251 g/mol. The molecule has 1 aromatic rings. The third kappa shape index (κ3) is 4.45. The molecule has 0 saturated carbocycles. The standard InChI is InChI=1S/C13H17NO4/c1-9(2)18-11-7-5-4-6-10(11)14-12(15)8-13(16)17-3/h4-7,9H,8H2,1-3H3,(H,14,15). The van der Waals surface area contributed by atoms with Gasteiger partial charge in [-0.05, 0) is 26.0 Å². The third-order valence-corrected chi connectivity index (χ3v) is 2.06. The van der Waals surface area contributed by atoms with Crippen molar-refractivity contribution in [2.45, 2.75) is 26.4 Å². The van der Waals surface area contributed by atoms with E-state index in [0.717, 1.165) is 0 Å². The fourth-order valence-electron chi connectivity index (χ4n) is 1.32. The van der Waals surface area contributed by atoms with Crippen molar-refractivity contribution in [1.29, 1.82) is 0 Å². The largest absolute Gasteiger partial charge is 0.489 e. The Morgan fingerprint density at radius 3 is 2.56 bits per heavy atom.